The fourth-order valence-corrected chi connectivity index (χ4v) is 3.09. The number of hydrogen-bond donors (Lipinski definition) is 3. The Hall–Kier alpha value is -2.80. The van der Waals surface area contributed by atoms with Crippen LogP contribution in [-0.4, -0.2) is 74.3 Å². The van der Waals surface area contributed by atoms with Gasteiger partial charge in [-0.1, -0.05) is 0 Å². The fourth-order valence-electron chi connectivity index (χ4n) is 3.09. The van der Waals surface area contributed by atoms with Crippen molar-refractivity contribution in [2.24, 2.45) is 0 Å². The summed E-state index contributed by atoms with van der Waals surface area (Å²) >= 11 is 0. The van der Waals surface area contributed by atoms with Crippen LogP contribution in [0.1, 0.15) is 6.23 Å². The van der Waals surface area contributed by atoms with Crippen LogP contribution in [0.2, 0.25) is 0 Å². The minimum Gasteiger partial charge on any atom is -0.394 e. The van der Waals surface area contributed by atoms with Crippen LogP contribution in [0.25, 0.3) is 0 Å². The Bertz CT molecular complexity index is 909. The van der Waals surface area contributed by atoms with E-state index in [4.69, 9.17) is 9.47 Å². The van der Waals surface area contributed by atoms with E-state index >= 15 is 0 Å². The first-order chi connectivity index (χ1) is 13.5. The Morgan fingerprint density at radius 1 is 1.46 bits per heavy atom. The molecule has 0 unspecified atom stereocenters. The van der Waals surface area contributed by atoms with Gasteiger partial charge in [0, 0.05) is 38.8 Å². The number of methoxy groups -OCH3 is 1. The van der Waals surface area contributed by atoms with E-state index in [1.807, 2.05) is 0 Å². The van der Waals surface area contributed by atoms with E-state index in [1.165, 1.54) is 13.3 Å². The molecule has 3 heterocycles. The zero-order valence-electron chi connectivity index (χ0n) is 15.0. The summed E-state index contributed by atoms with van der Waals surface area (Å²) in [4.78, 5) is 43.3. The third kappa shape index (κ3) is 3.75. The molecule has 4 atom stereocenters. The van der Waals surface area contributed by atoms with Crippen molar-refractivity contribution in [2.45, 2.75) is 31.1 Å². The summed E-state index contributed by atoms with van der Waals surface area (Å²) in [6.45, 7) is 0.0549. The van der Waals surface area contributed by atoms with Gasteiger partial charge in [-0.15, -0.1) is 0 Å². The normalized spacial score (nSPS) is 24.4. The Morgan fingerprint density at radius 2 is 2.25 bits per heavy atom. The van der Waals surface area contributed by atoms with Crippen molar-refractivity contribution < 1.29 is 24.5 Å². The zero-order valence-corrected chi connectivity index (χ0v) is 15.0. The van der Waals surface area contributed by atoms with Gasteiger partial charge in [-0.2, -0.15) is 0 Å². The lowest BCUT2D eigenvalue weighted by molar-refractivity contribution is -0.107. The van der Waals surface area contributed by atoms with E-state index in [0.29, 0.717) is 13.0 Å². The molecule has 152 valence electrons. The van der Waals surface area contributed by atoms with Gasteiger partial charge in [-0.3, -0.25) is 19.1 Å². The second-order valence-electron chi connectivity index (χ2n) is 6.22. The van der Waals surface area contributed by atoms with Gasteiger partial charge < -0.3 is 29.2 Å². The maximum absolute atomic E-state index is 12.3. The Balaban J connectivity index is 1.92. The molecule has 1 saturated heterocycles. The number of imidazole rings is 1. The smallest absolute Gasteiger partial charge is 0.330 e. The molecule has 0 saturated carbocycles. The standard InChI is InChI=1S/C16H21N5O7/c1-27-13-12(24)11(7-22)28-15(13)21-6-10(14(25)18-16(21)26)20(9-23)5-4-19-3-2-17-8-19/h2-3,6,8-9,11-13,15,22,24H,4-5,7H2,1H3,(H,18,25,26)/t11-,12+,13-,15-/m1/s1. The minimum absolute atomic E-state index is 0.0740. The maximum Gasteiger partial charge on any atom is 0.330 e. The SMILES string of the molecule is CO[C@@H]1[C@@H](O)[C@@H](CO)O[C@H]1n1cc(N(C=O)CCn2ccnc2)c(=O)[nH]c1=O. The highest BCUT2D eigenvalue weighted by molar-refractivity contribution is 5.73. The third-order valence-electron chi connectivity index (χ3n) is 4.58. The molecular formula is C16H21N5O7. The van der Waals surface area contributed by atoms with Crippen LogP contribution in [0.5, 0.6) is 0 Å². The van der Waals surface area contributed by atoms with Gasteiger partial charge in [0.25, 0.3) is 5.56 Å². The number of aromatic amines is 1. The summed E-state index contributed by atoms with van der Waals surface area (Å²) in [7, 11) is 1.32. The van der Waals surface area contributed by atoms with Crippen molar-refractivity contribution in [1.29, 1.82) is 0 Å². The Morgan fingerprint density at radius 3 is 2.86 bits per heavy atom. The lowest BCUT2D eigenvalue weighted by Crippen LogP contribution is -2.41. The molecule has 2 aromatic rings. The van der Waals surface area contributed by atoms with Gasteiger partial charge in [0.05, 0.1) is 12.9 Å². The van der Waals surface area contributed by atoms with Gasteiger partial charge in [0.1, 0.15) is 24.0 Å². The topological polar surface area (TPSA) is 152 Å². The molecule has 12 nitrogen and oxygen atoms in total. The number of aliphatic hydroxyl groups is 2. The molecule has 0 aliphatic carbocycles. The quantitative estimate of drug-likeness (QED) is 0.421. The van der Waals surface area contributed by atoms with E-state index in [0.717, 1.165) is 9.47 Å². The lowest BCUT2D eigenvalue weighted by Gasteiger charge is -2.23. The third-order valence-corrected chi connectivity index (χ3v) is 4.58. The number of carbonyl (C=O) groups is 1. The molecule has 0 aromatic carbocycles. The predicted molar refractivity (Wildman–Crippen MR) is 94.8 cm³/mol. The van der Waals surface area contributed by atoms with Gasteiger partial charge in [0.15, 0.2) is 6.23 Å². The van der Waals surface area contributed by atoms with E-state index in [1.54, 1.807) is 23.3 Å². The number of nitrogens with one attached hydrogen (secondary N) is 1. The summed E-state index contributed by atoms with van der Waals surface area (Å²) in [6.07, 6.45) is 2.33. The molecule has 0 radical (unpaired) electrons. The van der Waals surface area contributed by atoms with Crippen molar-refractivity contribution in [3.8, 4) is 0 Å². The number of aliphatic hydroxyl groups excluding tert-OH is 2. The van der Waals surface area contributed by atoms with E-state index in [2.05, 4.69) is 9.97 Å². The molecule has 3 rings (SSSR count). The number of hydrogen-bond acceptors (Lipinski definition) is 8. The average molecular weight is 395 g/mol. The highest BCUT2D eigenvalue weighted by atomic mass is 16.6. The number of amides is 1. The summed E-state index contributed by atoms with van der Waals surface area (Å²) in [6, 6.07) is 0. The molecule has 1 fully saturated rings. The number of anilines is 1. The second-order valence-corrected chi connectivity index (χ2v) is 6.22. The van der Waals surface area contributed by atoms with Crippen molar-refractivity contribution in [3.05, 3.63) is 45.8 Å². The molecule has 3 N–H and O–H groups in total. The van der Waals surface area contributed by atoms with Crippen LogP contribution in [-0.2, 0) is 20.8 Å². The zero-order chi connectivity index (χ0) is 20.3. The summed E-state index contributed by atoms with van der Waals surface area (Å²) in [5.74, 6) is 0. The van der Waals surface area contributed by atoms with Crippen LogP contribution in [0.3, 0.4) is 0 Å². The summed E-state index contributed by atoms with van der Waals surface area (Å²) in [5, 5.41) is 19.5. The highest BCUT2D eigenvalue weighted by Crippen LogP contribution is 2.30. The van der Waals surface area contributed by atoms with E-state index < -0.39 is 42.4 Å². The van der Waals surface area contributed by atoms with Crippen LogP contribution in [0.15, 0.2) is 34.5 Å². The van der Waals surface area contributed by atoms with Crippen LogP contribution >= 0.6 is 0 Å². The van der Waals surface area contributed by atoms with E-state index in [9.17, 15) is 24.6 Å². The molecule has 28 heavy (non-hydrogen) atoms. The monoisotopic (exact) mass is 395 g/mol. The molecule has 1 amide bonds. The summed E-state index contributed by atoms with van der Waals surface area (Å²) < 4.78 is 13.5. The number of aromatic nitrogens is 4. The van der Waals surface area contributed by atoms with Crippen molar-refractivity contribution in [3.63, 3.8) is 0 Å². The van der Waals surface area contributed by atoms with Gasteiger partial charge >= 0.3 is 5.69 Å². The number of ether oxygens (including phenoxy) is 2. The minimum atomic E-state index is -1.18. The first-order valence-corrected chi connectivity index (χ1v) is 8.50. The highest BCUT2D eigenvalue weighted by Gasteiger charge is 2.45. The molecule has 1 aliphatic rings. The van der Waals surface area contributed by atoms with Gasteiger partial charge in [-0.25, -0.2) is 9.78 Å². The van der Waals surface area contributed by atoms with Gasteiger partial charge in [-0.05, 0) is 0 Å². The van der Waals surface area contributed by atoms with Crippen LogP contribution < -0.4 is 16.1 Å². The van der Waals surface area contributed by atoms with Crippen molar-refractivity contribution in [2.75, 3.05) is 25.2 Å². The molecule has 0 bridgehead atoms. The predicted octanol–water partition coefficient (Wildman–Crippen LogP) is -2.34. The molecule has 1 aliphatic heterocycles. The first kappa shape index (κ1) is 19.9. The van der Waals surface area contributed by atoms with Crippen LogP contribution in [0.4, 0.5) is 5.69 Å². The first-order valence-electron chi connectivity index (χ1n) is 8.50. The Kier molecular flexibility index (Phi) is 6.04. The largest absolute Gasteiger partial charge is 0.394 e. The number of H-pyrrole nitrogens is 1. The average Bonchev–Trinajstić information content (AvgIpc) is 3.31. The number of rotatable bonds is 8. The lowest BCUT2D eigenvalue weighted by atomic mass is 10.1. The number of carbonyl (C=O) groups excluding carboxylic acids is 1. The van der Waals surface area contributed by atoms with Gasteiger partial charge in [0.2, 0.25) is 6.41 Å². The molecule has 2 aromatic heterocycles. The summed E-state index contributed by atoms with van der Waals surface area (Å²) in [5.41, 5.74) is -1.62. The number of nitrogens with zero attached hydrogens (tertiary/aromatic N) is 4. The van der Waals surface area contributed by atoms with Crippen molar-refractivity contribution >= 4 is 12.1 Å². The van der Waals surface area contributed by atoms with Crippen LogP contribution in [0, 0.1) is 0 Å². The molecule has 0 spiro atoms. The molecule has 12 heteroatoms. The Labute approximate surface area is 158 Å². The second kappa shape index (κ2) is 8.48. The van der Waals surface area contributed by atoms with E-state index in [-0.39, 0.29) is 12.2 Å². The molecular weight excluding hydrogens is 374 g/mol. The maximum atomic E-state index is 12.3. The fraction of sp³-hybridized carbons (Fsp3) is 0.500. The van der Waals surface area contributed by atoms with Crippen molar-refractivity contribution in [1.82, 2.24) is 19.1 Å².